The zero-order valence-electron chi connectivity index (χ0n) is 10.6. The van der Waals surface area contributed by atoms with Gasteiger partial charge in [0.1, 0.15) is 0 Å². The third-order valence-corrected chi connectivity index (χ3v) is 3.50. The molecule has 0 amide bonds. The standard InChI is InChI=1S/C13H15N3O3/c1-13(5-2-6-14-13)12-15-11(16-19-12)8-3-4-9(17)10(18)7-8/h3-4,7,14,17-18H,2,5-6H2,1H3. The Morgan fingerprint density at radius 1 is 1.32 bits per heavy atom. The third-order valence-electron chi connectivity index (χ3n) is 3.50. The van der Waals surface area contributed by atoms with Gasteiger partial charge in [0.2, 0.25) is 11.7 Å². The van der Waals surface area contributed by atoms with Crippen molar-refractivity contribution in [2.24, 2.45) is 0 Å². The van der Waals surface area contributed by atoms with Crippen LogP contribution in [0.15, 0.2) is 22.7 Å². The molecule has 1 saturated heterocycles. The molecule has 0 saturated carbocycles. The number of nitrogens with zero attached hydrogens (tertiary/aromatic N) is 2. The number of benzene rings is 1. The van der Waals surface area contributed by atoms with Gasteiger partial charge in [-0.15, -0.1) is 0 Å². The summed E-state index contributed by atoms with van der Waals surface area (Å²) in [4.78, 5) is 4.37. The van der Waals surface area contributed by atoms with Crippen molar-refractivity contribution in [3.8, 4) is 22.9 Å². The van der Waals surface area contributed by atoms with Crippen molar-refractivity contribution < 1.29 is 14.7 Å². The molecule has 0 aliphatic carbocycles. The van der Waals surface area contributed by atoms with Gasteiger partial charge in [-0.3, -0.25) is 0 Å². The summed E-state index contributed by atoms with van der Waals surface area (Å²) in [6.45, 7) is 2.97. The van der Waals surface area contributed by atoms with Crippen LogP contribution in [0, 0.1) is 0 Å². The van der Waals surface area contributed by atoms with E-state index in [0.717, 1.165) is 19.4 Å². The number of phenolic OH excluding ortho intramolecular Hbond substituents is 2. The Labute approximate surface area is 110 Å². The van der Waals surface area contributed by atoms with Gasteiger partial charge < -0.3 is 20.1 Å². The minimum atomic E-state index is -0.274. The molecule has 1 fully saturated rings. The Morgan fingerprint density at radius 2 is 2.16 bits per heavy atom. The fourth-order valence-corrected chi connectivity index (χ4v) is 2.30. The smallest absolute Gasteiger partial charge is 0.246 e. The van der Waals surface area contributed by atoms with Gasteiger partial charge in [-0.05, 0) is 44.5 Å². The number of nitrogens with one attached hydrogen (secondary N) is 1. The predicted molar refractivity (Wildman–Crippen MR) is 67.7 cm³/mol. The first kappa shape index (κ1) is 12.0. The maximum atomic E-state index is 9.48. The Kier molecular flexibility index (Phi) is 2.67. The molecule has 0 spiro atoms. The summed E-state index contributed by atoms with van der Waals surface area (Å²) in [5.74, 6) is 0.582. The minimum absolute atomic E-state index is 0.170. The second-order valence-electron chi connectivity index (χ2n) is 4.99. The fourth-order valence-electron chi connectivity index (χ4n) is 2.30. The Balaban J connectivity index is 1.94. The van der Waals surface area contributed by atoms with Gasteiger partial charge >= 0.3 is 0 Å². The average molecular weight is 261 g/mol. The van der Waals surface area contributed by atoms with Gasteiger partial charge in [-0.2, -0.15) is 4.98 Å². The summed E-state index contributed by atoms with van der Waals surface area (Å²) in [6.07, 6.45) is 2.03. The summed E-state index contributed by atoms with van der Waals surface area (Å²) in [5, 5.41) is 26.0. The quantitative estimate of drug-likeness (QED) is 0.713. The number of aromatic hydroxyl groups is 2. The molecule has 3 rings (SSSR count). The summed E-state index contributed by atoms with van der Waals surface area (Å²) < 4.78 is 5.31. The van der Waals surface area contributed by atoms with E-state index in [1.165, 1.54) is 12.1 Å². The minimum Gasteiger partial charge on any atom is -0.504 e. The van der Waals surface area contributed by atoms with Crippen molar-refractivity contribution in [3.63, 3.8) is 0 Å². The highest BCUT2D eigenvalue weighted by Crippen LogP contribution is 2.32. The van der Waals surface area contributed by atoms with E-state index in [2.05, 4.69) is 15.5 Å². The van der Waals surface area contributed by atoms with Gasteiger partial charge in [-0.1, -0.05) is 5.16 Å². The van der Waals surface area contributed by atoms with Crippen LogP contribution in [0.5, 0.6) is 11.5 Å². The first-order chi connectivity index (χ1) is 9.08. The molecule has 100 valence electrons. The first-order valence-electron chi connectivity index (χ1n) is 6.20. The van der Waals surface area contributed by atoms with Crippen LogP contribution in [0.2, 0.25) is 0 Å². The summed E-state index contributed by atoms with van der Waals surface area (Å²) in [5.41, 5.74) is 0.330. The average Bonchev–Trinajstić information content (AvgIpc) is 3.02. The molecule has 1 aliphatic rings. The van der Waals surface area contributed by atoms with Gasteiger partial charge in [0.05, 0.1) is 5.54 Å². The van der Waals surface area contributed by atoms with Crippen molar-refractivity contribution in [2.75, 3.05) is 6.54 Å². The van der Waals surface area contributed by atoms with E-state index in [0.29, 0.717) is 17.3 Å². The molecule has 1 atom stereocenters. The van der Waals surface area contributed by atoms with E-state index in [1.54, 1.807) is 6.07 Å². The second kappa shape index (κ2) is 4.24. The molecular formula is C13H15N3O3. The third kappa shape index (κ3) is 2.04. The van der Waals surface area contributed by atoms with Crippen LogP contribution < -0.4 is 5.32 Å². The molecule has 1 aromatic carbocycles. The van der Waals surface area contributed by atoms with E-state index in [-0.39, 0.29) is 17.0 Å². The zero-order valence-corrected chi connectivity index (χ0v) is 10.6. The summed E-state index contributed by atoms with van der Waals surface area (Å²) in [6, 6.07) is 4.44. The molecule has 19 heavy (non-hydrogen) atoms. The monoisotopic (exact) mass is 261 g/mol. The number of hydrogen-bond acceptors (Lipinski definition) is 6. The van der Waals surface area contributed by atoms with Crippen LogP contribution in [0.25, 0.3) is 11.4 Å². The van der Waals surface area contributed by atoms with Crippen molar-refractivity contribution in [1.82, 2.24) is 15.5 Å². The first-order valence-corrected chi connectivity index (χ1v) is 6.20. The number of phenols is 2. The molecule has 3 N–H and O–H groups in total. The van der Waals surface area contributed by atoms with Crippen LogP contribution in [-0.2, 0) is 5.54 Å². The van der Waals surface area contributed by atoms with Crippen molar-refractivity contribution in [1.29, 1.82) is 0 Å². The molecule has 6 heteroatoms. The number of aromatic nitrogens is 2. The molecule has 1 aliphatic heterocycles. The fraction of sp³-hybridized carbons (Fsp3) is 0.385. The number of hydrogen-bond donors (Lipinski definition) is 3. The highest BCUT2D eigenvalue weighted by atomic mass is 16.5. The maximum absolute atomic E-state index is 9.48. The normalized spacial score (nSPS) is 22.8. The number of rotatable bonds is 2. The molecule has 1 aromatic heterocycles. The maximum Gasteiger partial charge on any atom is 0.246 e. The van der Waals surface area contributed by atoms with Gasteiger partial charge in [0.15, 0.2) is 11.5 Å². The van der Waals surface area contributed by atoms with Crippen LogP contribution in [0.3, 0.4) is 0 Å². The largest absolute Gasteiger partial charge is 0.504 e. The molecule has 2 heterocycles. The topological polar surface area (TPSA) is 91.4 Å². The summed E-state index contributed by atoms with van der Waals surface area (Å²) in [7, 11) is 0. The molecular weight excluding hydrogens is 246 g/mol. The predicted octanol–water partition coefficient (Wildman–Crippen LogP) is 1.75. The molecule has 0 bridgehead atoms. The van der Waals surface area contributed by atoms with Crippen molar-refractivity contribution in [2.45, 2.75) is 25.3 Å². The van der Waals surface area contributed by atoms with Crippen LogP contribution in [0.1, 0.15) is 25.7 Å². The molecule has 2 aromatic rings. The Bertz CT molecular complexity index is 603. The van der Waals surface area contributed by atoms with Gasteiger partial charge in [0, 0.05) is 5.56 Å². The zero-order chi connectivity index (χ0) is 13.5. The van der Waals surface area contributed by atoms with Crippen LogP contribution >= 0.6 is 0 Å². The highest BCUT2D eigenvalue weighted by Gasteiger charge is 2.35. The van der Waals surface area contributed by atoms with E-state index in [4.69, 9.17) is 4.52 Å². The lowest BCUT2D eigenvalue weighted by atomic mass is 10.0. The SMILES string of the molecule is CC1(c2nc(-c3ccc(O)c(O)c3)no2)CCCN1. The summed E-state index contributed by atoms with van der Waals surface area (Å²) >= 11 is 0. The van der Waals surface area contributed by atoms with Crippen LogP contribution in [0.4, 0.5) is 0 Å². The second-order valence-corrected chi connectivity index (χ2v) is 4.99. The molecule has 0 radical (unpaired) electrons. The van der Waals surface area contributed by atoms with Gasteiger partial charge in [0.25, 0.3) is 0 Å². The van der Waals surface area contributed by atoms with Gasteiger partial charge in [-0.25, -0.2) is 0 Å². The van der Waals surface area contributed by atoms with E-state index < -0.39 is 0 Å². The van der Waals surface area contributed by atoms with E-state index in [1.807, 2.05) is 6.92 Å². The van der Waals surface area contributed by atoms with Crippen molar-refractivity contribution >= 4 is 0 Å². The van der Waals surface area contributed by atoms with Crippen molar-refractivity contribution in [3.05, 3.63) is 24.1 Å². The highest BCUT2D eigenvalue weighted by molar-refractivity contribution is 5.60. The molecule has 6 nitrogen and oxygen atoms in total. The van der Waals surface area contributed by atoms with E-state index >= 15 is 0 Å². The Morgan fingerprint density at radius 3 is 2.84 bits per heavy atom. The Hall–Kier alpha value is -2.08. The van der Waals surface area contributed by atoms with Crippen LogP contribution in [-0.4, -0.2) is 26.9 Å². The lowest BCUT2D eigenvalue weighted by Crippen LogP contribution is -2.33. The lowest BCUT2D eigenvalue weighted by Gasteiger charge is -2.18. The molecule has 1 unspecified atom stereocenters. The lowest BCUT2D eigenvalue weighted by molar-refractivity contribution is 0.275. The van der Waals surface area contributed by atoms with E-state index in [9.17, 15) is 10.2 Å².